The fourth-order valence-electron chi connectivity index (χ4n) is 1.47. The largest absolute Gasteiger partial charge is 0.476 e. The van der Waals surface area contributed by atoms with Gasteiger partial charge in [-0.25, -0.2) is 23.2 Å². The van der Waals surface area contributed by atoms with E-state index in [1.54, 1.807) is 6.92 Å². The van der Waals surface area contributed by atoms with E-state index in [2.05, 4.69) is 14.7 Å². The van der Waals surface area contributed by atoms with Crippen molar-refractivity contribution in [1.29, 1.82) is 0 Å². The van der Waals surface area contributed by atoms with Gasteiger partial charge in [0, 0.05) is 0 Å². The molecular formula is C10H7Cl2N3O4S2. The number of aryl methyl sites for hydroxylation is 1. The summed E-state index contributed by atoms with van der Waals surface area (Å²) in [4.78, 5) is 18.2. The average molecular weight is 368 g/mol. The number of aromatic nitrogens is 2. The lowest BCUT2D eigenvalue weighted by molar-refractivity contribution is 0.0687. The van der Waals surface area contributed by atoms with Crippen LogP contribution in [0.2, 0.25) is 10.3 Å². The molecule has 112 valence electrons. The third-order valence-electron chi connectivity index (χ3n) is 2.36. The number of hydrogen-bond donors (Lipinski definition) is 2. The summed E-state index contributed by atoms with van der Waals surface area (Å²) in [6.45, 7) is 1.59. The van der Waals surface area contributed by atoms with Crippen LogP contribution >= 0.6 is 34.5 Å². The highest BCUT2D eigenvalue weighted by molar-refractivity contribution is 7.94. The van der Waals surface area contributed by atoms with E-state index in [-0.39, 0.29) is 16.0 Å². The molecule has 0 atom stereocenters. The Morgan fingerprint density at radius 3 is 2.67 bits per heavy atom. The first kappa shape index (κ1) is 16.0. The van der Waals surface area contributed by atoms with E-state index in [0.29, 0.717) is 16.9 Å². The van der Waals surface area contributed by atoms with Gasteiger partial charge < -0.3 is 5.11 Å². The normalized spacial score (nSPS) is 11.4. The third-order valence-corrected chi connectivity index (χ3v) is 5.55. The minimum Gasteiger partial charge on any atom is -0.476 e. The summed E-state index contributed by atoms with van der Waals surface area (Å²) in [5, 5.41) is 8.91. The van der Waals surface area contributed by atoms with Gasteiger partial charge in [-0.2, -0.15) is 0 Å². The molecule has 0 aliphatic rings. The number of hydrogen-bond acceptors (Lipinski definition) is 6. The Labute approximate surface area is 133 Å². The molecule has 0 bridgehead atoms. The van der Waals surface area contributed by atoms with E-state index in [1.165, 1.54) is 6.07 Å². The number of pyridine rings is 1. The van der Waals surface area contributed by atoms with Gasteiger partial charge in [0.1, 0.15) is 5.15 Å². The molecule has 0 aromatic carbocycles. The molecule has 0 amide bonds. The molecular weight excluding hydrogens is 361 g/mol. The first-order chi connectivity index (χ1) is 9.72. The number of carbonyl (C=O) groups is 1. The minimum atomic E-state index is -4.15. The molecule has 2 heterocycles. The van der Waals surface area contributed by atoms with Crippen LogP contribution in [0.1, 0.15) is 16.1 Å². The molecule has 2 rings (SSSR count). The highest BCUT2D eigenvalue weighted by atomic mass is 35.5. The highest BCUT2D eigenvalue weighted by Gasteiger charge is 2.27. The third kappa shape index (κ3) is 3.26. The predicted octanol–water partition coefficient (Wildman–Crippen LogP) is 2.65. The first-order valence-electron chi connectivity index (χ1n) is 5.24. The summed E-state index contributed by atoms with van der Waals surface area (Å²) in [5.41, 5.74) is 1.06. The number of sulfonamides is 1. The molecule has 0 aliphatic carbocycles. The number of carboxylic acids is 1. The van der Waals surface area contributed by atoms with Crippen molar-refractivity contribution in [2.45, 2.75) is 11.1 Å². The number of aromatic carboxylic acids is 1. The van der Waals surface area contributed by atoms with Crippen LogP contribution in [-0.4, -0.2) is 29.5 Å². The SMILES string of the molecule is Cc1cc(Cl)nc(Cl)c1NS(=O)(=O)c1scnc1C(=O)O. The van der Waals surface area contributed by atoms with E-state index in [1.807, 2.05) is 0 Å². The molecule has 21 heavy (non-hydrogen) atoms. The molecule has 2 aromatic heterocycles. The molecule has 0 radical (unpaired) electrons. The lowest BCUT2D eigenvalue weighted by atomic mass is 10.3. The van der Waals surface area contributed by atoms with Crippen LogP contribution in [0, 0.1) is 6.92 Å². The number of halogens is 2. The van der Waals surface area contributed by atoms with Crippen LogP contribution in [0.4, 0.5) is 5.69 Å². The quantitative estimate of drug-likeness (QED) is 0.803. The van der Waals surface area contributed by atoms with Crippen molar-refractivity contribution in [2.75, 3.05) is 4.72 Å². The van der Waals surface area contributed by atoms with Crippen LogP contribution in [0.25, 0.3) is 0 Å². The summed E-state index contributed by atoms with van der Waals surface area (Å²) < 4.78 is 26.3. The number of rotatable bonds is 4. The number of anilines is 1. The van der Waals surface area contributed by atoms with Gasteiger partial charge in [-0.15, -0.1) is 11.3 Å². The summed E-state index contributed by atoms with van der Waals surface area (Å²) >= 11 is 12.2. The van der Waals surface area contributed by atoms with Crippen molar-refractivity contribution < 1.29 is 18.3 Å². The standard InChI is InChI=1S/C10H7Cl2N3O4S2/c1-4-2-5(11)14-8(12)6(4)15-21(18,19)10-7(9(16)17)13-3-20-10/h2-3,15H,1H3,(H,16,17). The molecule has 11 heteroatoms. The van der Waals surface area contributed by atoms with Gasteiger partial charge >= 0.3 is 5.97 Å². The zero-order valence-corrected chi connectivity index (χ0v) is 13.4. The number of nitrogens with zero attached hydrogens (tertiary/aromatic N) is 2. The van der Waals surface area contributed by atoms with Crippen molar-refractivity contribution >= 4 is 56.2 Å². The topological polar surface area (TPSA) is 109 Å². The Kier molecular flexibility index (Phi) is 4.38. The maximum atomic E-state index is 12.3. The van der Waals surface area contributed by atoms with Crippen LogP contribution in [-0.2, 0) is 10.0 Å². The van der Waals surface area contributed by atoms with E-state index in [9.17, 15) is 13.2 Å². The maximum Gasteiger partial charge on any atom is 0.356 e. The fraction of sp³-hybridized carbons (Fsp3) is 0.100. The van der Waals surface area contributed by atoms with Crippen molar-refractivity contribution in [3.8, 4) is 0 Å². The van der Waals surface area contributed by atoms with Gasteiger partial charge in [0.2, 0.25) is 0 Å². The molecule has 0 saturated heterocycles. The molecule has 7 nitrogen and oxygen atoms in total. The monoisotopic (exact) mass is 367 g/mol. The van der Waals surface area contributed by atoms with Gasteiger partial charge in [0.05, 0.1) is 11.2 Å². The van der Waals surface area contributed by atoms with Crippen molar-refractivity contribution in [3.05, 3.63) is 33.1 Å². The molecule has 0 aliphatic heterocycles. The molecule has 0 unspecified atom stereocenters. The van der Waals surface area contributed by atoms with Gasteiger partial charge in [-0.1, -0.05) is 23.2 Å². The van der Waals surface area contributed by atoms with Gasteiger partial charge in [0.15, 0.2) is 15.1 Å². The van der Waals surface area contributed by atoms with Crippen LogP contribution in [0.3, 0.4) is 0 Å². The summed E-state index contributed by atoms with van der Waals surface area (Å²) in [6.07, 6.45) is 0. The Morgan fingerprint density at radius 1 is 1.43 bits per heavy atom. The Morgan fingerprint density at radius 2 is 2.10 bits per heavy atom. The van der Waals surface area contributed by atoms with E-state index >= 15 is 0 Å². The summed E-state index contributed by atoms with van der Waals surface area (Å²) in [7, 11) is -4.15. The van der Waals surface area contributed by atoms with E-state index in [4.69, 9.17) is 28.3 Å². The van der Waals surface area contributed by atoms with Crippen LogP contribution in [0.5, 0.6) is 0 Å². The minimum absolute atomic E-state index is 0.0332. The van der Waals surface area contributed by atoms with Crippen LogP contribution in [0.15, 0.2) is 15.8 Å². The van der Waals surface area contributed by atoms with Crippen molar-refractivity contribution in [3.63, 3.8) is 0 Å². The second kappa shape index (κ2) is 5.76. The smallest absolute Gasteiger partial charge is 0.356 e. The number of carboxylic acid groups (broad SMARTS) is 1. The van der Waals surface area contributed by atoms with Gasteiger partial charge in [0.25, 0.3) is 10.0 Å². The Hall–Kier alpha value is -1.42. The fourth-order valence-corrected chi connectivity index (χ4v) is 4.38. The van der Waals surface area contributed by atoms with Crippen molar-refractivity contribution in [1.82, 2.24) is 9.97 Å². The Bertz CT molecular complexity index is 796. The predicted molar refractivity (Wildman–Crippen MR) is 78.9 cm³/mol. The van der Waals surface area contributed by atoms with Crippen molar-refractivity contribution in [2.24, 2.45) is 0 Å². The number of thiazole rings is 1. The summed E-state index contributed by atoms with van der Waals surface area (Å²) in [5.74, 6) is -1.44. The zero-order valence-electron chi connectivity index (χ0n) is 10.3. The van der Waals surface area contributed by atoms with Crippen LogP contribution < -0.4 is 4.72 Å². The van der Waals surface area contributed by atoms with E-state index in [0.717, 1.165) is 5.51 Å². The lowest BCUT2D eigenvalue weighted by Gasteiger charge is -2.11. The van der Waals surface area contributed by atoms with E-state index < -0.39 is 25.9 Å². The average Bonchev–Trinajstić information content (AvgIpc) is 2.83. The van der Waals surface area contributed by atoms with Gasteiger partial charge in [-0.05, 0) is 18.6 Å². The number of nitrogens with one attached hydrogen (secondary N) is 1. The molecule has 0 spiro atoms. The molecule has 2 N–H and O–H groups in total. The molecule has 0 fully saturated rings. The van der Waals surface area contributed by atoms with Gasteiger partial charge in [-0.3, -0.25) is 4.72 Å². The lowest BCUT2D eigenvalue weighted by Crippen LogP contribution is -2.16. The Balaban J connectivity index is 2.48. The second-order valence-electron chi connectivity index (χ2n) is 3.83. The summed E-state index contributed by atoms with van der Waals surface area (Å²) in [6, 6.07) is 1.43. The molecule has 0 saturated carbocycles. The maximum absolute atomic E-state index is 12.3. The highest BCUT2D eigenvalue weighted by Crippen LogP contribution is 2.30. The molecule has 2 aromatic rings. The second-order valence-corrected chi connectivity index (χ2v) is 7.30. The first-order valence-corrected chi connectivity index (χ1v) is 8.36. The zero-order chi connectivity index (χ0) is 15.8.